The van der Waals surface area contributed by atoms with E-state index in [0.29, 0.717) is 0 Å². The van der Waals surface area contributed by atoms with Crippen molar-refractivity contribution in [3.8, 4) is 12.3 Å². The molecule has 0 saturated heterocycles. The average molecular weight is 217 g/mol. The molecule has 0 aromatic heterocycles. The largest absolute Gasteiger partial charge is 0.378 e. The third kappa shape index (κ3) is 2.77. The lowest BCUT2D eigenvalue weighted by Crippen LogP contribution is -2.12. The van der Waals surface area contributed by atoms with Crippen LogP contribution < -0.4 is 4.90 Å². The normalized spacial score (nSPS) is 13.9. The number of methoxy groups -OCH3 is 1. The van der Waals surface area contributed by atoms with Crippen molar-refractivity contribution in [2.45, 2.75) is 13.0 Å². The number of benzene rings is 1. The van der Waals surface area contributed by atoms with Gasteiger partial charge >= 0.3 is 0 Å². The fourth-order valence-electron chi connectivity index (χ4n) is 1.68. The molecule has 16 heavy (non-hydrogen) atoms. The number of hydrogen-bond acceptors (Lipinski definition) is 2. The van der Waals surface area contributed by atoms with Gasteiger partial charge in [-0.25, -0.2) is 0 Å². The third-order valence-corrected chi connectivity index (χ3v) is 2.71. The summed E-state index contributed by atoms with van der Waals surface area (Å²) in [6, 6.07) is 8.28. The number of terminal acetylenes is 1. The molecule has 0 N–H and O–H groups in total. The van der Waals surface area contributed by atoms with Gasteiger partial charge in [-0.1, -0.05) is 12.1 Å². The molecule has 1 aromatic carbocycles. The molecule has 86 valence electrons. The van der Waals surface area contributed by atoms with E-state index < -0.39 is 0 Å². The van der Waals surface area contributed by atoms with Crippen LogP contribution in [0.2, 0.25) is 0 Å². The first-order valence-electron chi connectivity index (χ1n) is 5.36. The highest BCUT2D eigenvalue weighted by molar-refractivity contribution is 5.46. The molecule has 0 amide bonds. The number of ether oxygens (including phenoxy) is 1. The Morgan fingerprint density at radius 2 is 1.81 bits per heavy atom. The lowest BCUT2D eigenvalue weighted by atomic mass is 9.98. The standard InChI is InChI=1S/C14H19NO/c1-6-11(2)14(16-5)12-7-9-13(10-8-12)15(3)4/h1,7-11,14H,2-5H3/t11-,14?/m1/s1. The second-order valence-electron chi connectivity index (χ2n) is 4.10. The van der Waals surface area contributed by atoms with E-state index in [4.69, 9.17) is 11.2 Å². The highest BCUT2D eigenvalue weighted by Crippen LogP contribution is 2.26. The number of anilines is 1. The van der Waals surface area contributed by atoms with E-state index in [0.717, 1.165) is 5.56 Å². The summed E-state index contributed by atoms with van der Waals surface area (Å²) in [5.74, 6) is 2.80. The zero-order valence-corrected chi connectivity index (χ0v) is 10.4. The second-order valence-corrected chi connectivity index (χ2v) is 4.10. The molecule has 0 heterocycles. The van der Waals surface area contributed by atoms with E-state index in [2.05, 4.69) is 35.1 Å². The first kappa shape index (κ1) is 12.6. The van der Waals surface area contributed by atoms with Crippen molar-refractivity contribution in [2.75, 3.05) is 26.1 Å². The summed E-state index contributed by atoms with van der Waals surface area (Å²) in [6.45, 7) is 1.99. The molecule has 2 atom stereocenters. The SMILES string of the molecule is C#C[C@@H](C)C(OC)c1ccc(N(C)C)cc1. The topological polar surface area (TPSA) is 12.5 Å². The summed E-state index contributed by atoms with van der Waals surface area (Å²) >= 11 is 0. The second kappa shape index (κ2) is 5.58. The molecule has 1 rings (SSSR count). The maximum Gasteiger partial charge on any atom is 0.0955 e. The van der Waals surface area contributed by atoms with Crippen LogP contribution in [0.3, 0.4) is 0 Å². The van der Waals surface area contributed by atoms with Crippen molar-refractivity contribution in [2.24, 2.45) is 5.92 Å². The summed E-state index contributed by atoms with van der Waals surface area (Å²) in [4.78, 5) is 2.07. The molecule has 0 bridgehead atoms. The first-order chi connectivity index (χ1) is 7.60. The minimum atomic E-state index is -0.0267. The van der Waals surface area contributed by atoms with Gasteiger partial charge in [0.15, 0.2) is 0 Å². The Hall–Kier alpha value is -1.46. The van der Waals surface area contributed by atoms with Gasteiger partial charge in [-0.05, 0) is 24.6 Å². The van der Waals surface area contributed by atoms with Crippen LogP contribution in [-0.4, -0.2) is 21.2 Å². The van der Waals surface area contributed by atoms with Gasteiger partial charge < -0.3 is 9.64 Å². The maximum atomic E-state index is 5.43. The Balaban J connectivity index is 2.91. The zero-order chi connectivity index (χ0) is 12.1. The van der Waals surface area contributed by atoms with Gasteiger partial charge in [0.05, 0.1) is 6.10 Å². The monoisotopic (exact) mass is 217 g/mol. The molecule has 0 radical (unpaired) electrons. The molecular formula is C14H19NO. The molecule has 0 fully saturated rings. The van der Waals surface area contributed by atoms with Crippen LogP contribution in [0.15, 0.2) is 24.3 Å². The first-order valence-corrected chi connectivity index (χ1v) is 5.36. The minimum absolute atomic E-state index is 0.0267. The summed E-state index contributed by atoms with van der Waals surface area (Å²) < 4.78 is 5.43. The van der Waals surface area contributed by atoms with Crippen molar-refractivity contribution in [3.05, 3.63) is 29.8 Å². The minimum Gasteiger partial charge on any atom is -0.378 e. The van der Waals surface area contributed by atoms with E-state index in [1.165, 1.54) is 5.69 Å². The van der Waals surface area contributed by atoms with Crippen LogP contribution in [0.25, 0.3) is 0 Å². The van der Waals surface area contributed by atoms with Gasteiger partial charge in [-0.3, -0.25) is 0 Å². The van der Waals surface area contributed by atoms with Crippen molar-refractivity contribution < 1.29 is 4.74 Å². The van der Waals surface area contributed by atoms with Crippen LogP contribution >= 0.6 is 0 Å². The van der Waals surface area contributed by atoms with E-state index in [1.54, 1.807) is 7.11 Å². The summed E-state index contributed by atoms with van der Waals surface area (Å²) in [7, 11) is 5.73. The van der Waals surface area contributed by atoms with Crippen LogP contribution in [-0.2, 0) is 4.74 Å². The molecular weight excluding hydrogens is 198 g/mol. The molecule has 0 aliphatic carbocycles. The van der Waals surface area contributed by atoms with Crippen LogP contribution in [0.1, 0.15) is 18.6 Å². The van der Waals surface area contributed by atoms with Crippen molar-refractivity contribution in [1.29, 1.82) is 0 Å². The van der Waals surface area contributed by atoms with Gasteiger partial charge in [0.1, 0.15) is 0 Å². The third-order valence-electron chi connectivity index (χ3n) is 2.71. The molecule has 1 unspecified atom stereocenters. The highest BCUT2D eigenvalue weighted by Gasteiger charge is 2.16. The van der Waals surface area contributed by atoms with E-state index in [1.807, 2.05) is 21.0 Å². The van der Waals surface area contributed by atoms with Crippen LogP contribution in [0, 0.1) is 18.3 Å². The Kier molecular flexibility index (Phi) is 4.39. The van der Waals surface area contributed by atoms with Gasteiger partial charge in [0.2, 0.25) is 0 Å². The van der Waals surface area contributed by atoms with E-state index >= 15 is 0 Å². The van der Waals surface area contributed by atoms with Crippen molar-refractivity contribution >= 4 is 5.69 Å². The lowest BCUT2D eigenvalue weighted by Gasteiger charge is -2.20. The zero-order valence-electron chi connectivity index (χ0n) is 10.4. The van der Waals surface area contributed by atoms with Gasteiger partial charge in [-0.15, -0.1) is 12.3 Å². The van der Waals surface area contributed by atoms with Crippen LogP contribution in [0.5, 0.6) is 0 Å². The fourth-order valence-corrected chi connectivity index (χ4v) is 1.68. The molecule has 2 heteroatoms. The van der Waals surface area contributed by atoms with Gasteiger partial charge in [0.25, 0.3) is 0 Å². The molecule has 0 aliphatic heterocycles. The Bertz CT molecular complexity index is 361. The highest BCUT2D eigenvalue weighted by atomic mass is 16.5. The van der Waals surface area contributed by atoms with E-state index in [-0.39, 0.29) is 12.0 Å². The Labute approximate surface area is 98.2 Å². The van der Waals surface area contributed by atoms with Crippen molar-refractivity contribution in [1.82, 2.24) is 0 Å². The summed E-state index contributed by atoms with van der Waals surface area (Å²) in [6.07, 6.45) is 5.40. The molecule has 0 aliphatic rings. The predicted molar refractivity (Wildman–Crippen MR) is 68.5 cm³/mol. The van der Waals surface area contributed by atoms with Crippen molar-refractivity contribution in [3.63, 3.8) is 0 Å². The summed E-state index contributed by atoms with van der Waals surface area (Å²) in [5, 5.41) is 0. The van der Waals surface area contributed by atoms with Gasteiger partial charge in [-0.2, -0.15) is 0 Å². The molecule has 1 aromatic rings. The molecule has 0 saturated carbocycles. The Morgan fingerprint density at radius 3 is 2.19 bits per heavy atom. The fraction of sp³-hybridized carbons (Fsp3) is 0.429. The Morgan fingerprint density at radius 1 is 1.25 bits per heavy atom. The molecule has 0 spiro atoms. The number of nitrogens with zero attached hydrogens (tertiary/aromatic N) is 1. The summed E-state index contributed by atoms with van der Waals surface area (Å²) in [5.41, 5.74) is 2.30. The van der Waals surface area contributed by atoms with Crippen LogP contribution in [0.4, 0.5) is 5.69 Å². The average Bonchev–Trinajstić information content (AvgIpc) is 2.30. The quantitative estimate of drug-likeness (QED) is 0.719. The maximum absolute atomic E-state index is 5.43. The predicted octanol–water partition coefficient (Wildman–Crippen LogP) is 2.71. The van der Waals surface area contributed by atoms with Gasteiger partial charge in [0, 0.05) is 32.8 Å². The number of rotatable bonds is 4. The van der Waals surface area contributed by atoms with E-state index in [9.17, 15) is 0 Å². The lowest BCUT2D eigenvalue weighted by molar-refractivity contribution is 0.0772. The molecule has 2 nitrogen and oxygen atoms in total. The number of hydrogen-bond donors (Lipinski definition) is 0. The smallest absolute Gasteiger partial charge is 0.0955 e.